The Labute approximate surface area is 121 Å². The Morgan fingerprint density at radius 1 is 1.22 bits per heavy atom. The predicted octanol–water partition coefficient (Wildman–Crippen LogP) is 4.58. The summed E-state index contributed by atoms with van der Waals surface area (Å²) < 4.78 is 1.17. The van der Waals surface area contributed by atoms with E-state index in [-0.39, 0.29) is 0 Å². The second-order valence-corrected chi connectivity index (χ2v) is 6.24. The number of hydrogen-bond donors (Lipinski definition) is 1. The van der Waals surface area contributed by atoms with Crippen LogP contribution >= 0.6 is 27.3 Å². The van der Waals surface area contributed by atoms with Gasteiger partial charge in [0.05, 0.1) is 0 Å². The molecule has 0 aliphatic heterocycles. The zero-order valence-electron chi connectivity index (χ0n) is 10.7. The minimum Gasteiger partial charge on any atom is -0.312 e. The molecule has 1 aromatic heterocycles. The number of thiophene rings is 1. The van der Waals surface area contributed by atoms with Crippen LogP contribution in [0, 0.1) is 0 Å². The van der Waals surface area contributed by atoms with E-state index < -0.39 is 0 Å². The summed E-state index contributed by atoms with van der Waals surface area (Å²) in [5, 5.41) is 5.54. The SMILES string of the molecule is CCc1ccc(CC(NC)c2cc(Br)cs2)cc1. The average molecular weight is 324 g/mol. The molecule has 0 fully saturated rings. The maximum atomic E-state index is 3.52. The molecule has 2 rings (SSSR count). The van der Waals surface area contributed by atoms with Crippen molar-refractivity contribution in [1.82, 2.24) is 5.32 Å². The highest BCUT2D eigenvalue weighted by molar-refractivity contribution is 9.10. The quantitative estimate of drug-likeness (QED) is 0.849. The first-order valence-electron chi connectivity index (χ1n) is 6.22. The minimum atomic E-state index is 0.397. The monoisotopic (exact) mass is 323 g/mol. The molecule has 2 aromatic rings. The lowest BCUT2D eigenvalue weighted by atomic mass is 10.0. The van der Waals surface area contributed by atoms with Crippen LogP contribution in [-0.4, -0.2) is 7.05 Å². The van der Waals surface area contributed by atoms with E-state index in [0.29, 0.717) is 6.04 Å². The fraction of sp³-hybridized carbons (Fsp3) is 0.333. The molecule has 0 aliphatic rings. The van der Waals surface area contributed by atoms with Crippen molar-refractivity contribution in [2.45, 2.75) is 25.8 Å². The Balaban J connectivity index is 2.10. The van der Waals surface area contributed by atoms with Crippen LogP contribution in [0.25, 0.3) is 0 Å². The van der Waals surface area contributed by atoms with Crippen molar-refractivity contribution in [2.75, 3.05) is 7.05 Å². The van der Waals surface area contributed by atoms with Crippen molar-refractivity contribution in [1.29, 1.82) is 0 Å². The Morgan fingerprint density at radius 2 is 1.89 bits per heavy atom. The molecule has 96 valence electrons. The first-order chi connectivity index (χ1) is 8.72. The molecule has 0 spiro atoms. The standard InChI is InChI=1S/C15H18BrNS/c1-3-11-4-6-12(7-5-11)8-14(17-2)15-9-13(16)10-18-15/h4-7,9-10,14,17H,3,8H2,1-2H3. The average Bonchev–Trinajstić information content (AvgIpc) is 2.83. The second kappa shape index (κ2) is 6.50. The molecule has 1 aromatic carbocycles. The zero-order chi connectivity index (χ0) is 13.0. The number of nitrogens with one attached hydrogen (secondary N) is 1. The van der Waals surface area contributed by atoms with Gasteiger partial charge in [-0.1, -0.05) is 31.2 Å². The maximum absolute atomic E-state index is 3.52. The molecular formula is C15H18BrNS. The first-order valence-corrected chi connectivity index (χ1v) is 7.89. The summed E-state index contributed by atoms with van der Waals surface area (Å²) in [6, 6.07) is 11.5. The minimum absolute atomic E-state index is 0.397. The van der Waals surface area contributed by atoms with Gasteiger partial charge in [-0.3, -0.25) is 0 Å². The zero-order valence-corrected chi connectivity index (χ0v) is 13.1. The number of halogens is 1. The van der Waals surface area contributed by atoms with E-state index in [1.165, 1.54) is 20.5 Å². The molecule has 1 heterocycles. The van der Waals surface area contributed by atoms with Crippen molar-refractivity contribution >= 4 is 27.3 Å². The Hall–Kier alpha value is -0.640. The van der Waals surface area contributed by atoms with Crippen LogP contribution in [0.4, 0.5) is 0 Å². The van der Waals surface area contributed by atoms with Gasteiger partial charge in [0.1, 0.15) is 0 Å². The van der Waals surface area contributed by atoms with Gasteiger partial charge in [-0.25, -0.2) is 0 Å². The summed E-state index contributed by atoms with van der Waals surface area (Å²) >= 11 is 5.32. The molecule has 1 nitrogen and oxygen atoms in total. The molecule has 1 unspecified atom stereocenters. The van der Waals surface area contributed by atoms with E-state index in [1.807, 2.05) is 7.05 Å². The van der Waals surface area contributed by atoms with Gasteiger partial charge in [0.15, 0.2) is 0 Å². The maximum Gasteiger partial charge on any atom is 0.0453 e. The number of rotatable bonds is 5. The Bertz CT molecular complexity index is 489. The van der Waals surface area contributed by atoms with Gasteiger partial charge in [-0.05, 0) is 53.0 Å². The van der Waals surface area contributed by atoms with Gasteiger partial charge in [-0.15, -0.1) is 11.3 Å². The van der Waals surface area contributed by atoms with E-state index >= 15 is 0 Å². The van der Waals surface area contributed by atoms with Crippen molar-refractivity contribution < 1.29 is 0 Å². The summed E-state index contributed by atoms with van der Waals surface area (Å²) in [6.45, 7) is 2.19. The molecule has 0 bridgehead atoms. The molecule has 1 atom stereocenters. The second-order valence-electron chi connectivity index (χ2n) is 4.38. The van der Waals surface area contributed by atoms with Gasteiger partial charge >= 0.3 is 0 Å². The van der Waals surface area contributed by atoms with E-state index in [2.05, 4.69) is 63.9 Å². The van der Waals surface area contributed by atoms with Crippen LogP contribution in [0.3, 0.4) is 0 Å². The lowest BCUT2D eigenvalue weighted by molar-refractivity contribution is 0.602. The van der Waals surface area contributed by atoms with Crippen LogP contribution in [-0.2, 0) is 12.8 Å². The summed E-state index contributed by atoms with van der Waals surface area (Å²) in [7, 11) is 2.03. The number of benzene rings is 1. The molecule has 3 heteroatoms. The third-order valence-corrected chi connectivity index (χ3v) is 4.96. The third kappa shape index (κ3) is 3.44. The van der Waals surface area contributed by atoms with Crippen LogP contribution in [0.1, 0.15) is 29.0 Å². The molecule has 1 N–H and O–H groups in total. The number of aryl methyl sites for hydroxylation is 1. The molecule has 0 amide bonds. The molecular weight excluding hydrogens is 306 g/mol. The number of likely N-dealkylation sites (N-methyl/N-ethyl adjacent to an activating group) is 1. The van der Waals surface area contributed by atoms with Crippen molar-refractivity contribution in [3.63, 3.8) is 0 Å². The van der Waals surface area contributed by atoms with E-state index in [1.54, 1.807) is 11.3 Å². The normalized spacial score (nSPS) is 12.6. The predicted molar refractivity (Wildman–Crippen MR) is 83.3 cm³/mol. The first kappa shape index (κ1) is 13.8. The summed E-state index contributed by atoms with van der Waals surface area (Å²) in [6.07, 6.45) is 2.14. The molecule has 0 saturated heterocycles. The van der Waals surface area contributed by atoms with Gasteiger partial charge in [0.2, 0.25) is 0 Å². The van der Waals surface area contributed by atoms with E-state index in [4.69, 9.17) is 0 Å². The highest BCUT2D eigenvalue weighted by Gasteiger charge is 2.12. The summed E-state index contributed by atoms with van der Waals surface area (Å²) in [5.41, 5.74) is 2.79. The van der Waals surface area contributed by atoms with Crippen LogP contribution in [0.15, 0.2) is 40.2 Å². The molecule has 0 aliphatic carbocycles. The fourth-order valence-electron chi connectivity index (χ4n) is 2.00. The smallest absolute Gasteiger partial charge is 0.0453 e. The molecule has 18 heavy (non-hydrogen) atoms. The van der Waals surface area contributed by atoms with Gasteiger partial charge in [0.25, 0.3) is 0 Å². The molecule has 0 saturated carbocycles. The Kier molecular flexibility index (Phi) is 4.98. The lowest BCUT2D eigenvalue weighted by Crippen LogP contribution is -2.17. The van der Waals surface area contributed by atoms with Crippen LogP contribution < -0.4 is 5.32 Å². The van der Waals surface area contributed by atoms with Gasteiger partial charge < -0.3 is 5.32 Å². The fourth-order valence-corrected chi connectivity index (χ4v) is 3.56. The highest BCUT2D eigenvalue weighted by Crippen LogP contribution is 2.27. The van der Waals surface area contributed by atoms with Crippen LogP contribution in [0.5, 0.6) is 0 Å². The van der Waals surface area contributed by atoms with Crippen molar-refractivity contribution in [3.05, 3.63) is 56.2 Å². The summed E-state index contributed by atoms with van der Waals surface area (Å²) in [5.74, 6) is 0. The van der Waals surface area contributed by atoms with E-state index in [0.717, 1.165) is 12.8 Å². The largest absolute Gasteiger partial charge is 0.312 e. The molecule has 0 radical (unpaired) electrons. The highest BCUT2D eigenvalue weighted by atomic mass is 79.9. The summed E-state index contributed by atoms with van der Waals surface area (Å²) in [4.78, 5) is 1.38. The van der Waals surface area contributed by atoms with Crippen LogP contribution in [0.2, 0.25) is 0 Å². The van der Waals surface area contributed by atoms with Crippen molar-refractivity contribution in [3.8, 4) is 0 Å². The lowest BCUT2D eigenvalue weighted by Gasteiger charge is -2.14. The van der Waals surface area contributed by atoms with Gasteiger partial charge in [-0.2, -0.15) is 0 Å². The topological polar surface area (TPSA) is 12.0 Å². The van der Waals surface area contributed by atoms with E-state index in [9.17, 15) is 0 Å². The Morgan fingerprint density at radius 3 is 2.39 bits per heavy atom. The number of hydrogen-bond acceptors (Lipinski definition) is 2. The third-order valence-electron chi connectivity index (χ3n) is 3.15. The van der Waals surface area contributed by atoms with Crippen molar-refractivity contribution in [2.24, 2.45) is 0 Å². The van der Waals surface area contributed by atoms with Gasteiger partial charge in [0, 0.05) is 20.8 Å².